The third-order valence-corrected chi connectivity index (χ3v) is 6.61. The van der Waals surface area contributed by atoms with Crippen LogP contribution in [0.2, 0.25) is 0 Å². The van der Waals surface area contributed by atoms with Crippen molar-refractivity contribution in [2.24, 2.45) is 0 Å². The van der Waals surface area contributed by atoms with Crippen molar-refractivity contribution in [3.8, 4) is 0 Å². The van der Waals surface area contributed by atoms with Crippen LogP contribution in [0.5, 0.6) is 0 Å². The van der Waals surface area contributed by atoms with Gasteiger partial charge in [0.25, 0.3) is 0 Å². The Morgan fingerprint density at radius 2 is 1.17 bits per heavy atom. The number of unbranched alkanes of at least 4 members (excludes halogenated alkanes) is 6. The van der Waals surface area contributed by atoms with E-state index < -0.39 is 0 Å². The Hall–Kier alpha value is -0.930. The molecule has 3 heteroatoms. The quantitative estimate of drug-likeness (QED) is 0.286. The summed E-state index contributed by atoms with van der Waals surface area (Å²) >= 11 is 3.37. The second-order valence-electron chi connectivity index (χ2n) is 6.48. The smallest absolute Gasteiger partial charge is 0.212 e. The van der Waals surface area contributed by atoms with Crippen molar-refractivity contribution in [1.82, 2.24) is 0 Å². The molecule has 0 aliphatic rings. The minimum atomic E-state index is 0.213. The zero-order chi connectivity index (χ0) is 17.2. The molecular formula is C21H30OS2. The van der Waals surface area contributed by atoms with E-state index in [0.29, 0.717) is 0 Å². The molecule has 2 rings (SSSR count). The van der Waals surface area contributed by atoms with Crippen molar-refractivity contribution in [3.05, 3.63) is 43.8 Å². The summed E-state index contributed by atoms with van der Waals surface area (Å²) in [4.78, 5) is 17.2. The van der Waals surface area contributed by atoms with Crippen molar-refractivity contribution >= 4 is 28.5 Å². The standard InChI is InChI=1S/C21H30OS2/c1-3-5-7-9-11-17-13-15-19(23-17)21(22)20-16-14-18(24-20)12-10-8-6-4-2/h13-16H,3-12H2,1-2H3. The molecule has 0 atom stereocenters. The van der Waals surface area contributed by atoms with Gasteiger partial charge in [-0.2, -0.15) is 0 Å². The van der Waals surface area contributed by atoms with E-state index >= 15 is 0 Å². The fraction of sp³-hybridized carbons (Fsp3) is 0.571. The maximum Gasteiger partial charge on any atom is 0.212 e. The van der Waals surface area contributed by atoms with Crippen molar-refractivity contribution in [3.63, 3.8) is 0 Å². The Kier molecular flexibility index (Phi) is 8.76. The molecule has 0 radical (unpaired) electrons. The molecule has 2 heterocycles. The highest BCUT2D eigenvalue weighted by molar-refractivity contribution is 7.17. The van der Waals surface area contributed by atoms with E-state index in [4.69, 9.17) is 0 Å². The van der Waals surface area contributed by atoms with E-state index in [0.717, 1.165) is 22.6 Å². The van der Waals surface area contributed by atoms with E-state index in [1.807, 2.05) is 12.1 Å². The molecule has 0 aliphatic heterocycles. The third kappa shape index (κ3) is 6.18. The molecule has 0 amide bonds. The lowest BCUT2D eigenvalue weighted by Gasteiger charge is -1.97. The van der Waals surface area contributed by atoms with Crippen LogP contribution in [0.3, 0.4) is 0 Å². The summed E-state index contributed by atoms with van der Waals surface area (Å²) in [5.74, 6) is 0.213. The van der Waals surface area contributed by atoms with E-state index in [1.54, 1.807) is 22.7 Å². The van der Waals surface area contributed by atoms with E-state index in [1.165, 1.54) is 61.1 Å². The van der Waals surface area contributed by atoms with Gasteiger partial charge in [-0.15, -0.1) is 22.7 Å². The summed E-state index contributed by atoms with van der Waals surface area (Å²) in [5.41, 5.74) is 0. The maximum atomic E-state index is 12.6. The SMILES string of the molecule is CCCCCCc1ccc(C(=O)c2ccc(CCCCCC)s2)s1. The first-order valence-corrected chi connectivity index (χ1v) is 11.1. The van der Waals surface area contributed by atoms with Crippen LogP contribution < -0.4 is 0 Å². The first-order chi connectivity index (χ1) is 11.7. The molecular weight excluding hydrogens is 332 g/mol. The molecule has 0 bridgehead atoms. The van der Waals surface area contributed by atoms with Gasteiger partial charge in [0.15, 0.2) is 0 Å². The number of aryl methyl sites for hydroxylation is 2. The van der Waals surface area contributed by atoms with Gasteiger partial charge in [0.2, 0.25) is 5.78 Å². The number of ketones is 1. The second-order valence-corrected chi connectivity index (χ2v) is 8.82. The predicted molar refractivity (Wildman–Crippen MR) is 108 cm³/mol. The highest BCUT2D eigenvalue weighted by Gasteiger charge is 2.14. The lowest BCUT2D eigenvalue weighted by Crippen LogP contribution is -1.94. The van der Waals surface area contributed by atoms with Crippen LogP contribution in [-0.2, 0) is 12.8 Å². The van der Waals surface area contributed by atoms with Crippen LogP contribution in [-0.4, -0.2) is 5.78 Å². The van der Waals surface area contributed by atoms with Crippen LogP contribution >= 0.6 is 22.7 Å². The van der Waals surface area contributed by atoms with Crippen LogP contribution in [0.1, 0.15) is 89.5 Å². The summed E-state index contributed by atoms with van der Waals surface area (Å²) in [6, 6.07) is 8.32. The fourth-order valence-electron chi connectivity index (χ4n) is 2.84. The zero-order valence-electron chi connectivity index (χ0n) is 15.1. The molecule has 0 spiro atoms. The predicted octanol–water partition coefficient (Wildman–Crippen LogP) is 7.29. The molecule has 0 saturated carbocycles. The first-order valence-electron chi connectivity index (χ1n) is 9.46. The molecule has 24 heavy (non-hydrogen) atoms. The van der Waals surface area contributed by atoms with Crippen LogP contribution in [0, 0.1) is 0 Å². The molecule has 0 saturated heterocycles. The van der Waals surface area contributed by atoms with E-state index in [9.17, 15) is 4.79 Å². The van der Waals surface area contributed by atoms with Gasteiger partial charge in [0.05, 0.1) is 9.75 Å². The van der Waals surface area contributed by atoms with Gasteiger partial charge in [0.1, 0.15) is 0 Å². The Balaban J connectivity index is 1.85. The normalized spacial score (nSPS) is 11.1. The van der Waals surface area contributed by atoms with Crippen LogP contribution in [0.25, 0.3) is 0 Å². The minimum Gasteiger partial charge on any atom is -0.287 e. The van der Waals surface area contributed by atoms with Gasteiger partial charge in [0, 0.05) is 9.75 Å². The number of thiophene rings is 2. The Bertz CT molecular complexity index is 557. The highest BCUT2D eigenvalue weighted by Crippen LogP contribution is 2.26. The topological polar surface area (TPSA) is 17.1 Å². The average Bonchev–Trinajstić information content (AvgIpc) is 3.25. The lowest BCUT2D eigenvalue weighted by atomic mass is 10.1. The van der Waals surface area contributed by atoms with Gasteiger partial charge in [-0.3, -0.25) is 4.79 Å². The Morgan fingerprint density at radius 3 is 1.58 bits per heavy atom. The monoisotopic (exact) mass is 362 g/mol. The van der Waals surface area contributed by atoms with Crippen molar-refractivity contribution < 1.29 is 4.79 Å². The Labute approximate surface area is 155 Å². The van der Waals surface area contributed by atoms with Crippen molar-refractivity contribution in [2.45, 2.75) is 78.1 Å². The van der Waals surface area contributed by atoms with Gasteiger partial charge < -0.3 is 0 Å². The molecule has 132 valence electrons. The largest absolute Gasteiger partial charge is 0.287 e. The average molecular weight is 363 g/mol. The summed E-state index contributed by atoms with van der Waals surface area (Å²) in [7, 11) is 0. The molecule has 0 fully saturated rings. The van der Waals surface area contributed by atoms with E-state index in [2.05, 4.69) is 26.0 Å². The van der Waals surface area contributed by atoms with Gasteiger partial charge in [-0.05, 0) is 49.9 Å². The lowest BCUT2D eigenvalue weighted by molar-refractivity contribution is 0.104. The number of carbonyl (C=O) groups is 1. The molecule has 0 aromatic carbocycles. The number of rotatable bonds is 12. The molecule has 0 aliphatic carbocycles. The molecule has 2 aromatic heterocycles. The fourth-order valence-corrected chi connectivity index (χ4v) is 4.91. The van der Waals surface area contributed by atoms with Crippen molar-refractivity contribution in [1.29, 1.82) is 0 Å². The van der Waals surface area contributed by atoms with E-state index in [-0.39, 0.29) is 5.78 Å². The summed E-state index contributed by atoms with van der Waals surface area (Å²) in [5, 5.41) is 0. The van der Waals surface area contributed by atoms with Crippen molar-refractivity contribution in [2.75, 3.05) is 0 Å². The molecule has 2 aromatic rings. The second kappa shape index (κ2) is 10.8. The molecule has 1 nitrogen and oxygen atoms in total. The number of hydrogen-bond acceptors (Lipinski definition) is 3. The summed E-state index contributed by atoms with van der Waals surface area (Å²) in [6.07, 6.45) is 12.5. The minimum absolute atomic E-state index is 0.213. The number of hydrogen-bond donors (Lipinski definition) is 0. The van der Waals surface area contributed by atoms with Crippen LogP contribution in [0.15, 0.2) is 24.3 Å². The Morgan fingerprint density at radius 1 is 0.708 bits per heavy atom. The van der Waals surface area contributed by atoms with Crippen LogP contribution in [0.4, 0.5) is 0 Å². The first kappa shape index (κ1) is 19.4. The maximum absolute atomic E-state index is 12.6. The highest BCUT2D eigenvalue weighted by atomic mass is 32.1. The summed E-state index contributed by atoms with van der Waals surface area (Å²) < 4.78 is 0. The summed E-state index contributed by atoms with van der Waals surface area (Å²) in [6.45, 7) is 4.47. The molecule has 0 N–H and O–H groups in total. The zero-order valence-corrected chi connectivity index (χ0v) is 16.7. The third-order valence-electron chi connectivity index (χ3n) is 4.32. The number of carbonyl (C=O) groups excluding carboxylic acids is 1. The van der Waals surface area contributed by atoms with Gasteiger partial charge in [-0.1, -0.05) is 52.4 Å². The van der Waals surface area contributed by atoms with Gasteiger partial charge >= 0.3 is 0 Å². The molecule has 0 unspecified atom stereocenters. The van der Waals surface area contributed by atoms with Gasteiger partial charge in [-0.25, -0.2) is 0 Å².